The van der Waals surface area contributed by atoms with E-state index in [9.17, 15) is 14.0 Å². The molecule has 7 nitrogen and oxygen atoms in total. The first kappa shape index (κ1) is 20.5. The normalized spacial score (nSPS) is 24.1. The van der Waals surface area contributed by atoms with Crippen molar-refractivity contribution in [1.29, 1.82) is 0 Å². The van der Waals surface area contributed by atoms with Gasteiger partial charge in [-0.15, -0.1) is 0 Å². The standard InChI is InChI=1S/C20H29FN4O3/c1-23-10-12-24(13-11-23)18-8-9-25(14-15(18)6-7-19(26)27)20(28)22-17-5-3-2-4-16(17)21/h2-5,15,18H,6-14H2,1H3,(H,22,28)(H,26,27)/t15-,18+/m1/s1. The number of aliphatic carboxylic acids is 1. The Bertz CT molecular complexity index is 694. The molecule has 8 heteroatoms. The Morgan fingerprint density at radius 1 is 1.18 bits per heavy atom. The lowest BCUT2D eigenvalue weighted by Gasteiger charge is -2.46. The number of hydrogen-bond donors (Lipinski definition) is 2. The Balaban J connectivity index is 1.65. The molecule has 0 radical (unpaired) electrons. The number of likely N-dealkylation sites (tertiary alicyclic amines) is 1. The molecule has 2 N–H and O–H groups in total. The van der Waals surface area contributed by atoms with Crippen LogP contribution in [-0.4, -0.2) is 84.2 Å². The van der Waals surface area contributed by atoms with Gasteiger partial charge in [-0.1, -0.05) is 12.1 Å². The van der Waals surface area contributed by atoms with Crippen molar-refractivity contribution in [2.75, 3.05) is 51.6 Å². The van der Waals surface area contributed by atoms with Crippen LogP contribution >= 0.6 is 0 Å². The summed E-state index contributed by atoms with van der Waals surface area (Å²) in [5, 5.41) is 11.8. The molecule has 2 aliphatic rings. The molecule has 0 spiro atoms. The number of nitrogens with one attached hydrogen (secondary N) is 1. The molecule has 2 fully saturated rings. The van der Waals surface area contributed by atoms with E-state index >= 15 is 0 Å². The van der Waals surface area contributed by atoms with Crippen LogP contribution in [0.3, 0.4) is 0 Å². The molecule has 0 unspecified atom stereocenters. The minimum Gasteiger partial charge on any atom is -0.481 e. The van der Waals surface area contributed by atoms with Gasteiger partial charge in [0.05, 0.1) is 5.69 Å². The number of halogens is 1. The number of carbonyl (C=O) groups excluding carboxylic acids is 1. The van der Waals surface area contributed by atoms with Crippen molar-refractivity contribution in [3.05, 3.63) is 30.1 Å². The largest absolute Gasteiger partial charge is 0.481 e. The highest BCUT2D eigenvalue weighted by Gasteiger charge is 2.36. The van der Waals surface area contributed by atoms with Gasteiger partial charge in [-0.3, -0.25) is 9.69 Å². The SMILES string of the molecule is CN1CCN([C@H]2CCN(C(=O)Nc3ccccc3F)C[C@H]2CCC(=O)O)CC1. The molecule has 0 aromatic heterocycles. The summed E-state index contributed by atoms with van der Waals surface area (Å²) in [6, 6.07) is 6.05. The Morgan fingerprint density at radius 3 is 2.57 bits per heavy atom. The summed E-state index contributed by atoms with van der Waals surface area (Å²) in [6.07, 6.45) is 1.44. The van der Waals surface area contributed by atoms with Crippen molar-refractivity contribution in [2.24, 2.45) is 5.92 Å². The molecule has 2 saturated heterocycles. The molecule has 2 heterocycles. The van der Waals surface area contributed by atoms with Crippen LogP contribution < -0.4 is 5.32 Å². The van der Waals surface area contributed by atoms with E-state index in [0.29, 0.717) is 19.5 Å². The van der Waals surface area contributed by atoms with Gasteiger partial charge in [0.1, 0.15) is 5.82 Å². The highest BCUT2D eigenvalue weighted by molar-refractivity contribution is 5.89. The van der Waals surface area contributed by atoms with E-state index in [1.54, 1.807) is 17.0 Å². The number of hydrogen-bond acceptors (Lipinski definition) is 4. The average molecular weight is 392 g/mol. The maximum absolute atomic E-state index is 13.8. The molecular formula is C20H29FN4O3. The van der Waals surface area contributed by atoms with E-state index in [2.05, 4.69) is 22.2 Å². The molecule has 0 bridgehead atoms. The van der Waals surface area contributed by atoms with E-state index < -0.39 is 11.8 Å². The summed E-state index contributed by atoms with van der Waals surface area (Å²) in [5.74, 6) is -1.18. The van der Waals surface area contributed by atoms with Gasteiger partial charge >= 0.3 is 12.0 Å². The van der Waals surface area contributed by atoms with Gasteiger partial charge < -0.3 is 20.2 Å². The predicted molar refractivity (Wildman–Crippen MR) is 105 cm³/mol. The van der Waals surface area contributed by atoms with Gasteiger partial charge in [-0.05, 0) is 37.9 Å². The van der Waals surface area contributed by atoms with E-state index in [1.807, 2.05) is 0 Å². The Labute approximate surface area is 165 Å². The number of carboxylic acid groups (broad SMARTS) is 1. The zero-order valence-electron chi connectivity index (χ0n) is 16.3. The zero-order valence-corrected chi connectivity index (χ0v) is 16.3. The topological polar surface area (TPSA) is 76.1 Å². The lowest BCUT2D eigenvalue weighted by Crippen LogP contribution is -2.57. The van der Waals surface area contributed by atoms with Crippen molar-refractivity contribution in [3.8, 4) is 0 Å². The minimum absolute atomic E-state index is 0.0949. The van der Waals surface area contributed by atoms with E-state index in [1.165, 1.54) is 12.1 Å². The molecule has 0 saturated carbocycles. The number of carboxylic acids is 1. The zero-order chi connectivity index (χ0) is 20.1. The van der Waals surface area contributed by atoms with Crippen molar-refractivity contribution in [3.63, 3.8) is 0 Å². The van der Waals surface area contributed by atoms with Gasteiger partial charge in [0, 0.05) is 51.7 Å². The highest BCUT2D eigenvalue weighted by atomic mass is 19.1. The maximum atomic E-state index is 13.8. The van der Waals surface area contributed by atoms with E-state index in [4.69, 9.17) is 5.11 Å². The first-order chi connectivity index (χ1) is 13.4. The number of nitrogens with zero attached hydrogens (tertiary/aromatic N) is 3. The molecule has 1 aromatic rings. The lowest BCUT2D eigenvalue weighted by molar-refractivity contribution is -0.137. The number of anilines is 1. The van der Waals surface area contributed by atoms with Crippen LogP contribution in [0, 0.1) is 11.7 Å². The molecule has 28 heavy (non-hydrogen) atoms. The van der Waals surface area contributed by atoms with Crippen molar-refractivity contribution in [1.82, 2.24) is 14.7 Å². The summed E-state index contributed by atoms with van der Waals surface area (Å²) >= 11 is 0. The van der Waals surface area contributed by atoms with Crippen molar-refractivity contribution < 1.29 is 19.1 Å². The highest BCUT2D eigenvalue weighted by Crippen LogP contribution is 2.28. The van der Waals surface area contributed by atoms with E-state index in [0.717, 1.165) is 32.6 Å². The molecule has 1 aromatic carbocycles. The van der Waals surface area contributed by atoms with Gasteiger partial charge in [-0.25, -0.2) is 9.18 Å². The fraction of sp³-hybridized carbons (Fsp3) is 0.600. The van der Waals surface area contributed by atoms with Crippen LogP contribution in [0.4, 0.5) is 14.9 Å². The summed E-state index contributed by atoms with van der Waals surface area (Å²) in [7, 11) is 2.11. The second kappa shape index (κ2) is 9.34. The number of carbonyl (C=O) groups is 2. The molecule has 154 valence electrons. The number of rotatable bonds is 5. The number of piperazine rings is 1. The van der Waals surface area contributed by atoms with Crippen LogP contribution in [0.1, 0.15) is 19.3 Å². The number of para-hydroxylation sites is 1. The number of amides is 2. The monoisotopic (exact) mass is 392 g/mol. The third kappa shape index (κ3) is 5.20. The smallest absolute Gasteiger partial charge is 0.321 e. The van der Waals surface area contributed by atoms with Crippen LogP contribution in [0.5, 0.6) is 0 Å². The van der Waals surface area contributed by atoms with Crippen LogP contribution in [0.15, 0.2) is 24.3 Å². The van der Waals surface area contributed by atoms with Crippen molar-refractivity contribution >= 4 is 17.7 Å². The van der Waals surface area contributed by atoms with E-state index in [-0.39, 0.29) is 30.1 Å². The predicted octanol–water partition coefficient (Wildman–Crippen LogP) is 2.16. The molecule has 2 aliphatic heterocycles. The van der Waals surface area contributed by atoms with Gasteiger partial charge in [0.2, 0.25) is 0 Å². The Hall–Kier alpha value is -2.19. The number of piperidine rings is 1. The van der Waals surface area contributed by atoms with Crippen LogP contribution in [0.25, 0.3) is 0 Å². The second-order valence-corrected chi connectivity index (χ2v) is 7.74. The van der Waals surface area contributed by atoms with Gasteiger partial charge in [-0.2, -0.15) is 0 Å². The second-order valence-electron chi connectivity index (χ2n) is 7.74. The quantitative estimate of drug-likeness (QED) is 0.803. The summed E-state index contributed by atoms with van der Waals surface area (Å²) < 4.78 is 13.8. The summed E-state index contributed by atoms with van der Waals surface area (Å²) in [4.78, 5) is 30.2. The number of benzene rings is 1. The third-order valence-electron chi connectivity index (χ3n) is 5.83. The first-order valence-corrected chi connectivity index (χ1v) is 9.89. The number of urea groups is 1. The summed E-state index contributed by atoms with van der Waals surface area (Å²) in [5.41, 5.74) is 0.163. The molecule has 2 atom stereocenters. The fourth-order valence-electron chi connectivity index (χ4n) is 4.19. The molecular weight excluding hydrogens is 363 g/mol. The van der Waals surface area contributed by atoms with Gasteiger partial charge in [0.15, 0.2) is 0 Å². The Kier molecular flexibility index (Phi) is 6.85. The van der Waals surface area contributed by atoms with Crippen molar-refractivity contribution in [2.45, 2.75) is 25.3 Å². The minimum atomic E-state index is -0.815. The first-order valence-electron chi connectivity index (χ1n) is 9.89. The van der Waals surface area contributed by atoms with Crippen LogP contribution in [-0.2, 0) is 4.79 Å². The maximum Gasteiger partial charge on any atom is 0.321 e. The lowest BCUT2D eigenvalue weighted by atomic mass is 9.86. The Morgan fingerprint density at radius 2 is 1.89 bits per heavy atom. The fourth-order valence-corrected chi connectivity index (χ4v) is 4.19. The third-order valence-corrected chi connectivity index (χ3v) is 5.83. The number of likely N-dealkylation sites (N-methyl/N-ethyl adjacent to an activating group) is 1. The van der Waals surface area contributed by atoms with Gasteiger partial charge in [0.25, 0.3) is 0 Å². The average Bonchev–Trinajstić information content (AvgIpc) is 2.68. The summed E-state index contributed by atoms with van der Waals surface area (Å²) in [6.45, 7) is 5.00. The molecule has 0 aliphatic carbocycles. The molecule has 3 rings (SSSR count). The molecule has 2 amide bonds. The van der Waals surface area contributed by atoms with Crippen LogP contribution in [0.2, 0.25) is 0 Å².